The minimum Gasteiger partial charge on any atom is -0.406 e. The first-order valence-electron chi connectivity index (χ1n) is 5.16. The van der Waals surface area contributed by atoms with Crippen LogP contribution in [0.3, 0.4) is 0 Å². The molecule has 0 aliphatic rings. The Morgan fingerprint density at radius 1 is 1.37 bits per heavy atom. The number of carbonyl (C=O) groups excluding carboxylic acids is 1. The van der Waals surface area contributed by atoms with Crippen molar-refractivity contribution < 1.29 is 22.7 Å². The minimum absolute atomic E-state index is 0. The Hall–Kier alpha value is -1.47. The predicted molar refractivity (Wildman–Crippen MR) is 65.9 cm³/mol. The van der Waals surface area contributed by atoms with Crippen molar-refractivity contribution in [1.82, 2.24) is 5.32 Å². The van der Waals surface area contributed by atoms with Gasteiger partial charge in [0.15, 0.2) is 0 Å². The summed E-state index contributed by atoms with van der Waals surface area (Å²) in [7, 11) is 0. The Labute approximate surface area is 114 Å². The molecule has 108 valence electrons. The molecule has 0 aromatic heterocycles. The summed E-state index contributed by atoms with van der Waals surface area (Å²) in [6.07, 6.45) is -4.70. The smallest absolute Gasteiger partial charge is 0.406 e. The van der Waals surface area contributed by atoms with E-state index < -0.39 is 12.4 Å². The van der Waals surface area contributed by atoms with Gasteiger partial charge in [0.2, 0.25) is 5.91 Å². The molecule has 0 radical (unpaired) electrons. The standard InChI is InChI=1S/C11H13F3N2O2.ClH/c1-7(15)10(17)16-6-8-2-4-9(5-3-8)18-11(12,13)14;/h2-5,7H,6,15H2,1H3,(H,16,17);1H. The van der Waals surface area contributed by atoms with Gasteiger partial charge in [-0.25, -0.2) is 0 Å². The summed E-state index contributed by atoms with van der Waals surface area (Å²) in [6, 6.07) is 4.60. The summed E-state index contributed by atoms with van der Waals surface area (Å²) in [5, 5.41) is 2.54. The summed E-state index contributed by atoms with van der Waals surface area (Å²) in [6.45, 7) is 1.74. The van der Waals surface area contributed by atoms with Gasteiger partial charge < -0.3 is 15.8 Å². The Balaban J connectivity index is 0.00000324. The predicted octanol–water partition coefficient (Wildman–Crippen LogP) is 1.97. The molecule has 0 saturated heterocycles. The van der Waals surface area contributed by atoms with Crippen molar-refractivity contribution >= 4 is 18.3 Å². The van der Waals surface area contributed by atoms with Crippen LogP contribution in [0.25, 0.3) is 0 Å². The van der Waals surface area contributed by atoms with Crippen molar-refractivity contribution in [1.29, 1.82) is 0 Å². The van der Waals surface area contributed by atoms with Crippen LogP contribution in [-0.2, 0) is 11.3 Å². The van der Waals surface area contributed by atoms with Gasteiger partial charge in [0.1, 0.15) is 5.75 Å². The molecular formula is C11H14ClF3N2O2. The highest BCUT2D eigenvalue weighted by Crippen LogP contribution is 2.22. The number of hydrogen-bond donors (Lipinski definition) is 2. The Morgan fingerprint density at radius 2 is 1.89 bits per heavy atom. The molecule has 1 unspecified atom stereocenters. The number of hydrogen-bond acceptors (Lipinski definition) is 3. The van der Waals surface area contributed by atoms with Gasteiger partial charge in [-0.1, -0.05) is 12.1 Å². The van der Waals surface area contributed by atoms with Gasteiger partial charge in [-0.3, -0.25) is 4.79 Å². The summed E-state index contributed by atoms with van der Waals surface area (Å²) < 4.78 is 39.4. The van der Waals surface area contributed by atoms with Crippen molar-refractivity contribution in [2.75, 3.05) is 0 Å². The molecule has 0 heterocycles. The number of alkyl halides is 3. The molecule has 1 atom stereocenters. The lowest BCUT2D eigenvalue weighted by Crippen LogP contribution is -2.37. The molecule has 8 heteroatoms. The Morgan fingerprint density at radius 3 is 2.32 bits per heavy atom. The fraction of sp³-hybridized carbons (Fsp3) is 0.364. The first-order valence-corrected chi connectivity index (χ1v) is 5.16. The largest absolute Gasteiger partial charge is 0.573 e. The second kappa shape index (κ2) is 7.20. The molecule has 19 heavy (non-hydrogen) atoms. The van der Waals surface area contributed by atoms with Crippen LogP contribution in [-0.4, -0.2) is 18.3 Å². The van der Waals surface area contributed by atoms with Crippen molar-refractivity contribution in [2.45, 2.75) is 25.9 Å². The van der Waals surface area contributed by atoms with Crippen LogP contribution in [0, 0.1) is 0 Å². The summed E-state index contributed by atoms with van der Waals surface area (Å²) >= 11 is 0. The topological polar surface area (TPSA) is 64.4 Å². The summed E-state index contributed by atoms with van der Waals surface area (Å²) in [4.78, 5) is 11.2. The first kappa shape index (κ1) is 17.5. The molecular weight excluding hydrogens is 285 g/mol. The average molecular weight is 299 g/mol. The highest BCUT2D eigenvalue weighted by molar-refractivity contribution is 5.85. The second-order valence-electron chi connectivity index (χ2n) is 3.70. The third kappa shape index (κ3) is 6.88. The van der Waals surface area contributed by atoms with Crippen molar-refractivity contribution in [3.8, 4) is 5.75 Å². The SMILES string of the molecule is CC(N)C(=O)NCc1ccc(OC(F)(F)F)cc1.Cl. The van der Waals surface area contributed by atoms with E-state index in [-0.39, 0.29) is 30.6 Å². The number of rotatable bonds is 4. The maximum atomic E-state index is 11.9. The highest BCUT2D eigenvalue weighted by Gasteiger charge is 2.30. The summed E-state index contributed by atoms with van der Waals surface area (Å²) in [5.74, 6) is -0.629. The normalized spacial score (nSPS) is 12.3. The molecule has 1 aromatic carbocycles. The van der Waals surface area contributed by atoms with E-state index in [1.54, 1.807) is 0 Å². The fourth-order valence-electron chi connectivity index (χ4n) is 1.16. The maximum Gasteiger partial charge on any atom is 0.573 e. The van der Waals surface area contributed by atoms with E-state index in [4.69, 9.17) is 5.73 Å². The van der Waals surface area contributed by atoms with Gasteiger partial charge in [0, 0.05) is 6.54 Å². The van der Waals surface area contributed by atoms with E-state index >= 15 is 0 Å². The zero-order chi connectivity index (χ0) is 13.8. The zero-order valence-corrected chi connectivity index (χ0v) is 10.8. The Bertz CT molecular complexity index is 407. The van der Waals surface area contributed by atoms with Crippen molar-refractivity contribution in [2.24, 2.45) is 5.73 Å². The van der Waals surface area contributed by atoms with Crippen molar-refractivity contribution in [3.63, 3.8) is 0 Å². The molecule has 1 aromatic rings. The lowest BCUT2D eigenvalue weighted by Gasteiger charge is -2.10. The highest BCUT2D eigenvalue weighted by atomic mass is 35.5. The molecule has 0 spiro atoms. The molecule has 0 bridgehead atoms. The second-order valence-corrected chi connectivity index (χ2v) is 3.70. The lowest BCUT2D eigenvalue weighted by atomic mass is 10.2. The molecule has 4 nitrogen and oxygen atoms in total. The molecule has 0 aliphatic heterocycles. The first-order chi connectivity index (χ1) is 8.28. The molecule has 0 saturated carbocycles. The van der Waals surface area contributed by atoms with Crippen LogP contribution in [0.1, 0.15) is 12.5 Å². The summed E-state index contributed by atoms with van der Waals surface area (Å²) in [5.41, 5.74) is 5.99. The number of carbonyl (C=O) groups is 1. The van der Waals surface area contributed by atoms with Crippen LogP contribution in [0.2, 0.25) is 0 Å². The van der Waals surface area contributed by atoms with Crippen LogP contribution in [0.5, 0.6) is 5.75 Å². The number of halogens is 4. The maximum absolute atomic E-state index is 11.9. The van der Waals surface area contributed by atoms with Gasteiger partial charge in [-0.2, -0.15) is 0 Å². The molecule has 0 fully saturated rings. The van der Waals surface area contributed by atoms with E-state index in [1.165, 1.54) is 31.2 Å². The zero-order valence-electron chi connectivity index (χ0n) is 10.0. The number of benzene rings is 1. The van der Waals surface area contributed by atoms with Crippen LogP contribution >= 0.6 is 12.4 Å². The van der Waals surface area contributed by atoms with Gasteiger partial charge >= 0.3 is 6.36 Å². The third-order valence-corrected chi connectivity index (χ3v) is 2.04. The molecule has 0 aliphatic carbocycles. The molecule has 1 rings (SSSR count). The van der Waals surface area contributed by atoms with E-state index in [1.807, 2.05) is 0 Å². The van der Waals surface area contributed by atoms with Gasteiger partial charge in [-0.15, -0.1) is 25.6 Å². The van der Waals surface area contributed by atoms with Crippen LogP contribution in [0.15, 0.2) is 24.3 Å². The monoisotopic (exact) mass is 298 g/mol. The third-order valence-electron chi connectivity index (χ3n) is 2.04. The number of ether oxygens (including phenoxy) is 1. The molecule has 1 amide bonds. The van der Waals surface area contributed by atoms with E-state index in [9.17, 15) is 18.0 Å². The Kier molecular flexibility index (Phi) is 6.64. The van der Waals surface area contributed by atoms with Gasteiger partial charge in [0.25, 0.3) is 0 Å². The number of nitrogens with one attached hydrogen (secondary N) is 1. The van der Waals surface area contributed by atoms with Crippen molar-refractivity contribution in [3.05, 3.63) is 29.8 Å². The average Bonchev–Trinajstić information content (AvgIpc) is 2.25. The fourth-order valence-corrected chi connectivity index (χ4v) is 1.16. The lowest BCUT2D eigenvalue weighted by molar-refractivity contribution is -0.274. The van der Waals surface area contributed by atoms with E-state index in [0.29, 0.717) is 5.56 Å². The molecule has 3 N–H and O–H groups in total. The minimum atomic E-state index is -4.70. The quantitative estimate of drug-likeness (QED) is 0.893. The number of nitrogens with two attached hydrogens (primary N) is 1. The van der Waals surface area contributed by atoms with Crippen LogP contribution < -0.4 is 15.8 Å². The van der Waals surface area contributed by atoms with E-state index in [2.05, 4.69) is 10.1 Å². The van der Waals surface area contributed by atoms with E-state index in [0.717, 1.165) is 0 Å². The van der Waals surface area contributed by atoms with Crippen LogP contribution in [0.4, 0.5) is 13.2 Å². The number of amides is 1. The van der Waals surface area contributed by atoms with Gasteiger partial charge in [0.05, 0.1) is 6.04 Å². The van der Waals surface area contributed by atoms with Gasteiger partial charge in [-0.05, 0) is 24.6 Å².